The van der Waals surface area contributed by atoms with Crippen molar-refractivity contribution >= 4 is 28.7 Å². The molecule has 0 aliphatic carbocycles. The molecule has 3 aromatic rings. The number of nitrogens with zero attached hydrogens (tertiary/aromatic N) is 3. The standard InChI is InChI=1S/C16H11F2N5O2/c17-10-1-5-12(6-2-10)21-15-14(23(24)25)16(20-9-19-15)22-13-7-3-11(18)4-8-13/h1-9H,(H2,19,20,21,22). The Morgan fingerprint density at radius 2 is 1.20 bits per heavy atom. The van der Waals surface area contributed by atoms with Gasteiger partial charge in [0.2, 0.25) is 11.6 Å². The number of nitro groups is 1. The van der Waals surface area contributed by atoms with Crippen molar-refractivity contribution in [2.75, 3.05) is 10.6 Å². The van der Waals surface area contributed by atoms with Crippen LogP contribution in [0.2, 0.25) is 0 Å². The minimum absolute atomic E-state index is 0.0591. The van der Waals surface area contributed by atoms with E-state index in [-0.39, 0.29) is 11.6 Å². The number of benzene rings is 2. The topological polar surface area (TPSA) is 93.0 Å². The normalized spacial score (nSPS) is 10.3. The summed E-state index contributed by atoms with van der Waals surface area (Å²) in [6.45, 7) is 0. The van der Waals surface area contributed by atoms with Gasteiger partial charge in [-0.15, -0.1) is 0 Å². The molecule has 1 aromatic heterocycles. The van der Waals surface area contributed by atoms with Crippen LogP contribution < -0.4 is 10.6 Å². The third kappa shape index (κ3) is 3.83. The summed E-state index contributed by atoms with van der Waals surface area (Å²) in [6, 6.07) is 10.6. The fraction of sp³-hybridized carbons (Fsp3) is 0. The van der Waals surface area contributed by atoms with Gasteiger partial charge in [-0.3, -0.25) is 10.1 Å². The number of aromatic nitrogens is 2. The van der Waals surface area contributed by atoms with E-state index >= 15 is 0 Å². The van der Waals surface area contributed by atoms with Crippen LogP contribution in [0.3, 0.4) is 0 Å². The first-order chi connectivity index (χ1) is 12.0. The lowest BCUT2D eigenvalue weighted by atomic mass is 10.3. The molecule has 0 radical (unpaired) electrons. The van der Waals surface area contributed by atoms with Crippen molar-refractivity contribution in [3.63, 3.8) is 0 Å². The summed E-state index contributed by atoms with van der Waals surface area (Å²) in [5.74, 6) is -0.977. The number of nitrogens with one attached hydrogen (secondary N) is 2. The summed E-state index contributed by atoms with van der Waals surface area (Å²) in [6.07, 6.45) is 1.14. The van der Waals surface area contributed by atoms with Crippen molar-refractivity contribution in [2.24, 2.45) is 0 Å². The van der Waals surface area contributed by atoms with Gasteiger partial charge in [-0.1, -0.05) is 0 Å². The number of halogens is 2. The SMILES string of the molecule is O=[N+]([O-])c1c(Nc2ccc(F)cc2)ncnc1Nc1ccc(F)cc1. The molecule has 0 amide bonds. The van der Waals surface area contributed by atoms with Crippen molar-refractivity contribution in [1.29, 1.82) is 0 Å². The van der Waals surface area contributed by atoms with Gasteiger partial charge in [-0.25, -0.2) is 18.7 Å². The molecule has 126 valence electrons. The minimum atomic E-state index is -0.641. The van der Waals surface area contributed by atoms with Gasteiger partial charge in [-0.2, -0.15) is 0 Å². The van der Waals surface area contributed by atoms with E-state index in [1.807, 2.05) is 0 Å². The predicted octanol–water partition coefficient (Wildman–Crippen LogP) is 4.15. The third-order valence-corrected chi connectivity index (χ3v) is 3.22. The molecule has 0 unspecified atom stereocenters. The van der Waals surface area contributed by atoms with E-state index < -0.39 is 22.2 Å². The lowest BCUT2D eigenvalue weighted by Crippen LogP contribution is -2.05. The highest BCUT2D eigenvalue weighted by Crippen LogP contribution is 2.32. The maximum absolute atomic E-state index is 13.0. The first kappa shape index (κ1) is 16.2. The fourth-order valence-corrected chi connectivity index (χ4v) is 2.07. The molecule has 1 heterocycles. The van der Waals surface area contributed by atoms with Crippen LogP contribution in [0, 0.1) is 21.7 Å². The summed E-state index contributed by atoms with van der Waals surface area (Å²) in [7, 11) is 0. The molecular weight excluding hydrogens is 332 g/mol. The van der Waals surface area contributed by atoms with Gasteiger partial charge in [0.05, 0.1) is 4.92 Å². The molecular formula is C16H11F2N5O2. The van der Waals surface area contributed by atoms with Crippen molar-refractivity contribution in [2.45, 2.75) is 0 Å². The monoisotopic (exact) mass is 343 g/mol. The molecule has 0 fully saturated rings. The summed E-state index contributed by atoms with van der Waals surface area (Å²) in [4.78, 5) is 18.6. The van der Waals surface area contributed by atoms with Gasteiger partial charge in [-0.05, 0) is 48.5 Å². The van der Waals surface area contributed by atoms with Crippen LogP contribution in [0.1, 0.15) is 0 Å². The van der Waals surface area contributed by atoms with Crippen LogP contribution in [0.15, 0.2) is 54.9 Å². The predicted molar refractivity (Wildman–Crippen MR) is 88.1 cm³/mol. The third-order valence-electron chi connectivity index (χ3n) is 3.22. The van der Waals surface area contributed by atoms with Crippen molar-refractivity contribution in [3.8, 4) is 0 Å². The van der Waals surface area contributed by atoms with E-state index in [1.54, 1.807) is 0 Å². The zero-order chi connectivity index (χ0) is 17.8. The van der Waals surface area contributed by atoms with Crippen LogP contribution in [0.25, 0.3) is 0 Å². The van der Waals surface area contributed by atoms with Crippen LogP contribution in [-0.2, 0) is 0 Å². The molecule has 25 heavy (non-hydrogen) atoms. The van der Waals surface area contributed by atoms with Crippen LogP contribution in [0.4, 0.5) is 37.5 Å². The van der Waals surface area contributed by atoms with Gasteiger partial charge in [0.15, 0.2) is 0 Å². The van der Waals surface area contributed by atoms with Gasteiger partial charge in [0, 0.05) is 11.4 Å². The van der Waals surface area contributed by atoms with Crippen LogP contribution in [0.5, 0.6) is 0 Å². The Hall–Kier alpha value is -3.62. The molecule has 0 atom stereocenters. The first-order valence-corrected chi connectivity index (χ1v) is 7.07. The number of rotatable bonds is 5. The Morgan fingerprint density at radius 3 is 1.56 bits per heavy atom. The summed E-state index contributed by atoms with van der Waals surface area (Å²) in [5.41, 5.74) is 0.461. The van der Waals surface area contributed by atoms with Crippen LogP contribution >= 0.6 is 0 Å². The van der Waals surface area contributed by atoms with Crippen molar-refractivity contribution < 1.29 is 13.7 Å². The van der Waals surface area contributed by atoms with Gasteiger partial charge < -0.3 is 10.6 Å². The van der Waals surface area contributed by atoms with E-state index in [0.29, 0.717) is 11.4 Å². The number of anilines is 4. The van der Waals surface area contributed by atoms with Crippen molar-refractivity contribution in [1.82, 2.24) is 9.97 Å². The smallest absolute Gasteiger partial charge is 0.334 e. The zero-order valence-electron chi connectivity index (χ0n) is 12.6. The highest BCUT2D eigenvalue weighted by atomic mass is 19.1. The molecule has 0 aliphatic heterocycles. The molecule has 0 spiro atoms. The molecule has 0 aliphatic rings. The zero-order valence-corrected chi connectivity index (χ0v) is 12.6. The molecule has 0 saturated heterocycles. The molecule has 9 heteroatoms. The molecule has 0 bridgehead atoms. The minimum Gasteiger partial charge on any atom is -0.334 e. The second-order valence-electron chi connectivity index (χ2n) is 4.94. The summed E-state index contributed by atoms with van der Waals surface area (Å²) < 4.78 is 25.9. The Kier molecular flexibility index (Phi) is 4.46. The summed E-state index contributed by atoms with van der Waals surface area (Å²) in [5, 5.41) is 17.0. The average Bonchev–Trinajstić information content (AvgIpc) is 2.59. The molecule has 7 nitrogen and oxygen atoms in total. The van der Waals surface area contributed by atoms with E-state index in [9.17, 15) is 18.9 Å². The van der Waals surface area contributed by atoms with E-state index in [4.69, 9.17) is 0 Å². The van der Waals surface area contributed by atoms with Crippen molar-refractivity contribution in [3.05, 3.63) is 76.6 Å². The van der Waals surface area contributed by atoms with E-state index in [1.165, 1.54) is 48.5 Å². The maximum atomic E-state index is 13.0. The van der Waals surface area contributed by atoms with Gasteiger partial charge in [0.25, 0.3) is 0 Å². The quantitative estimate of drug-likeness (QED) is 0.534. The Balaban J connectivity index is 1.94. The number of hydrogen-bond donors (Lipinski definition) is 2. The fourth-order valence-electron chi connectivity index (χ4n) is 2.07. The molecule has 2 N–H and O–H groups in total. The number of hydrogen-bond acceptors (Lipinski definition) is 6. The molecule has 2 aromatic carbocycles. The molecule has 0 saturated carbocycles. The average molecular weight is 343 g/mol. The van der Waals surface area contributed by atoms with Gasteiger partial charge >= 0.3 is 5.69 Å². The lowest BCUT2D eigenvalue weighted by molar-refractivity contribution is -0.383. The lowest BCUT2D eigenvalue weighted by Gasteiger charge is -2.10. The Morgan fingerprint density at radius 1 is 0.800 bits per heavy atom. The van der Waals surface area contributed by atoms with Gasteiger partial charge in [0.1, 0.15) is 18.0 Å². The highest BCUT2D eigenvalue weighted by molar-refractivity contribution is 5.76. The van der Waals surface area contributed by atoms with Crippen LogP contribution in [-0.4, -0.2) is 14.9 Å². The second-order valence-corrected chi connectivity index (χ2v) is 4.94. The first-order valence-electron chi connectivity index (χ1n) is 7.07. The second kappa shape index (κ2) is 6.87. The largest absolute Gasteiger partial charge is 0.353 e. The molecule has 3 rings (SSSR count). The highest BCUT2D eigenvalue weighted by Gasteiger charge is 2.23. The maximum Gasteiger partial charge on any atom is 0.353 e. The summed E-state index contributed by atoms with van der Waals surface area (Å²) >= 11 is 0. The van der Waals surface area contributed by atoms with E-state index in [2.05, 4.69) is 20.6 Å². The van der Waals surface area contributed by atoms with E-state index in [0.717, 1.165) is 6.33 Å². The Bertz CT molecular complexity index is 836. The Labute approximate surface area is 140 Å².